The smallest absolute Gasteiger partial charge is 0.262 e. The van der Waals surface area contributed by atoms with Crippen LogP contribution in [-0.4, -0.2) is 19.1 Å². The Morgan fingerprint density at radius 2 is 1.90 bits per heavy atom. The molecule has 0 fully saturated rings. The molecule has 0 unspecified atom stereocenters. The predicted octanol–water partition coefficient (Wildman–Crippen LogP) is 5.25. The lowest BCUT2D eigenvalue weighted by Gasteiger charge is -2.13. The summed E-state index contributed by atoms with van der Waals surface area (Å²) in [5.74, 6) is 0.746. The molecule has 3 rings (SSSR count). The summed E-state index contributed by atoms with van der Waals surface area (Å²) in [5.41, 5.74) is 1.81. The number of carbonyl (C=O) groups excluding carboxylic acids is 1. The molecule has 0 saturated carbocycles. The fraction of sp³-hybridized carbons (Fsp3) is 0.231. The average molecular weight is 415 g/mol. The van der Waals surface area contributed by atoms with Gasteiger partial charge in [-0.25, -0.2) is 0 Å². The fourth-order valence-corrected chi connectivity index (χ4v) is 3.19. The first-order valence-corrected chi connectivity index (χ1v) is 10.3. The minimum absolute atomic E-state index is 0.00336. The molecule has 5 heteroatoms. The van der Waals surface area contributed by atoms with Crippen molar-refractivity contribution in [1.82, 2.24) is 5.32 Å². The molecular formula is C26H26N2O3. The second kappa shape index (κ2) is 10.3. The summed E-state index contributed by atoms with van der Waals surface area (Å²) >= 11 is 0. The van der Waals surface area contributed by atoms with Crippen LogP contribution < -0.4 is 14.8 Å². The third-order valence-corrected chi connectivity index (χ3v) is 5.12. The molecule has 0 radical (unpaired) electrons. The summed E-state index contributed by atoms with van der Waals surface area (Å²) in [7, 11) is 1.56. The van der Waals surface area contributed by atoms with E-state index in [4.69, 9.17) is 9.47 Å². The van der Waals surface area contributed by atoms with Crippen LogP contribution in [0.15, 0.2) is 66.2 Å². The van der Waals surface area contributed by atoms with E-state index in [1.54, 1.807) is 31.4 Å². The molecule has 0 aromatic heterocycles. The van der Waals surface area contributed by atoms with Crippen molar-refractivity contribution >= 4 is 22.8 Å². The maximum Gasteiger partial charge on any atom is 0.262 e. The Morgan fingerprint density at radius 1 is 1.13 bits per heavy atom. The summed E-state index contributed by atoms with van der Waals surface area (Å²) in [6.45, 7) is 4.27. The van der Waals surface area contributed by atoms with Crippen LogP contribution in [0.2, 0.25) is 0 Å². The highest BCUT2D eigenvalue weighted by molar-refractivity contribution is 6.01. The van der Waals surface area contributed by atoms with Crippen LogP contribution in [0.5, 0.6) is 11.5 Å². The standard InChI is InChI=1S/C26H26N2O3/c1-4-18(2)28-26(29)22(16-27)14-19-12-13-24(25(15-19)30-3)31-17-21-10-7-9-20-8-5-6-11-23(20)21/h5-15,18H,4,17H2,1-3H3,(H,28,29)/b22-14+/t18-/m1/s1. The largest absolute Gasteiger partial charge is 0.493 e. The Balaban J connectivity index is 1.79. The predicted molar refractivity (Wildman–Crippen MR) is 123 cm³/mol. The quantitative estimate of drug-likeness (QED) is 0.404. The highest BCUT2D eigenvalue weighted by Crippen LogP contribution is 2.30. The van der Waals surface area contributed by atoms with E-state index in [-0.39, 0.29) is 17.5 Å². The second-order valence-electron chi connectivity index (χ2n) is 7.29. The molecule has 0 aliphatic carbocycles. The van der Waals surface area contributed by atoms with Gasteiger partial charge >= 0.3 is 0 Å². The van der Waals surface area contributed by atoms with Crippen LogP contribution in [0.3, 0.4) is 0 Å². The number of rotatable bonds is 8. The number of fused-ring (bicyclic) bond motifs is 1. The molecule has 1 amide bonds. The lowest BCUT2D eigenvalue weighted by Crippen LogP contribution is -2.32. The van der Waals surface area contributed by atoms with E-state index < -0.39 is 0 Å². The van der Waals surface area contributed by atoms with Crippen molar-refractivity contribution in [2.75, 3.05) is 7.11 Å². The Labute approximate surface area is 182 Å². The molecule has 1 N–H and O–H groups in total. The van der Waals surface area contributed by atoms with E-state index >= 15 is 0 Å². The maximum absolute atomic E-state index is 12.3. The highest BCUT2D eigenvalue weighted by atomic mass is 16.5. The molecule has 0 heterocycles. The van der Waals surface area contributed by atoms with E-state index in [2.05, 4.69) is 23.5 Å². The third-order valence-electron chi connectivity index (χ3n) is 5.12. The van der Waals surface area contributed by atoms with Gasteiger partial charge in [0.05, 0.1) is 7.11 Å². The summed E-state index contributed by atoms with van der Waals surface area (Å²) in [6, 6.07) is 21.6. The van der Waals surface area contributed by atoms with Gasteiger partial charge < -0.3 is 14.8 Å². The van der Waals surface area contributed by atoms with Gasteiger partial charge in [-0.3, -0.25) is 4.79 Å². The first-order valence-electron chi connectivity index (χ1n) is 10.3. The van der Waals surface area contributed by atoms with Crippen LogP contribution in [0.4, 0.5) is 0 Å². The first kappa shape index (κ1) is 21.9. The number of hydrogen-bond donors (Lipinski definition) is 1. The van der Waals surface area contributed by atoms with Gasteiger partial charge in [0.2, 0.25) is 0 Å². The number of nitrogens with one attached hydrogen (secondary N) is 1. The number of carbonyl (C=O) groups is 1. The summed E-state index contributed by atoms with van der Waals surface area (Å²) in [4.78, 5) is 12.3. The first-order chi connectivity index (χ1) is 15.0. The number of benzene rings is 3. The van der Waals surface area contributed by atoms with Crippen molar-refractivity contribution in [1.29, 1.82) is 5.26 Å². The number of ether oxygens (including phenoxy) is 2. The van der Waals surface area contributed by atoms with Gasteiger partial charge in [0.1, 0.15) is 18.2 Å². The van der Waals surface area contributed by atoms with Gasteiger partial charge in [-0.05, 0) is 53.5 Å². The number of nitriles is 1. The van der Waals surface area contributed by atoms with Crippen LogP contribution in [-0.2, 0) is 11.4 Å². The van der Waals surface area contributed by atoms with Crippen LogP contribution in [0.25, 0.3) is 16.8 Å². The molecule has 5 nitrogen and oxygen atoms in total. The molecule has 0 spiro atoms. The molecule has 0 aliphatic rings. The molecule has 0 aliphatic heterocycles. The zero-order chi connectivity index (χ0) is 22.2. The molecule has 3 aromatic rings. The molecule has 3 aromatic carbocycles. The SMILES string of the molecule is CC[C@@H](C)NC(=O)/C(C#N)=C/c1ccc(OCc2cccc3ccccc23)c(OC)c1. The third kappa shape index (κ3) is 5.43. The Hall–Kier alpha value is -3.78. The molecule has 31 heavy (non-hydrogen) atoms. The normalized spacial score (nSPS) is 12.1. The zero-order valence-electron chi connectivity index (χ0n) is 18.0. The van der Waals surface area contributed by atoms with E-state index in [1.807, 2.05) is 44.2 Å². The lowest BCUT2D eigenvalue weighted by atomic mass is 10.1. The number of hydrogen-bond acceptors (Lipinski definition) is 4. The van der Waals surface area contributed by atoms with Crippen LogP contribution >= 0.6 is 0 Å². The van der Waals surface area contributed by atoms with Gasteiger partial charge in [0.15, 0.2) is 11.5 Å². The lowest BCUT2D eigenvalue weighted by molar-refractivity contribution is -0.117. The summed E-state index contributed by atoms with van der Waals surface area (Å²) in [6.07, 6.45) is 2.34. The Kier molecular flexibility index (Phi) is 7.29. The van der Waals surface area contributed by atoms with Crippen molar-refractivity contribution in [3.8, 4) is 17.6 Å². The zero-order valence-corrected chi connectivity index (χ0v) is 18.0. The molecule has 0 bridgehead atoms. The van der Waals surface area contributed by atoms with Gasteiger partial charge in [-0.1, -0.05) is 55.5 Å². The van der Waals surface area contributed by atoms with Gasteiger partial charge in [0, 0.05) is 6.04 Å². The highest BCUT2D eigenvalue weighted by Gasteiger charge is 2.13. The minimum atomic E-state index is -0.382. The minimum Gasteiger partial charge on any atom is -0.493 e. The Bertz CT molecular complexity index is 1140. The molecule has 158 valence electrons. The second-order valence-corrected chi connectivity index (χ2v) is 7.29. The fourth-order valence-electron chi connectivity index (χ4n) is 3.19. The van der Waals surface area contributed by atoms with Crippen LogP contribution in [0.1, 0.15) is 31.4 Å². The average Bonchev–Trinajstić information content (AvgIpc) is 2.81. The van der Waals surface area contributed by atoms with Crippen molar-refractivity contribution in [2.45, 2.75) is 32.9 Å². The summed E-state index contributed by atoms with van der Waals surface area (Å²) in [5, 5.41) is 14.5. The molecule has 0 saturated heterocycles. The van der Waals surface area contributed by atoms with Crippen LogP contribution in [0, 0.1) is 11.3 Å². The topological polar surface area (TPSA) is 71.4 Å². The Morgan fingerprint density at radius 3 is 2.65 bits per heavy atom. The maximum atomic E-state index is 12.3. The van der Waals surface area contributed by atoms with Crippen molar-refractivity contribution in [2.24, 2.45) is 0 Å². The molecule has 1 atom stereocenters. The van der Waals surface area contributed by atoms with Crippen molar-refractivity contribution in [3.63, 3.8) is 0 Å². The number of methoxy groups -OCH3 is 1. The van der Waals surface area contributed by atoms with Crippen molar-refractivity contribution in [3.05, 3.63) is 77.4 Å². The van der Waals surface area contributed by atoms with E-state index in [1.165, 1.54) is 0 Å². The number of nitrogens with zero attached hydrogens (tertiary/aromatic N) is 1. The molecular weight excluding hydrogens is 388 g/mol. The van der Waals surface area contributed by atoms with Gasteiger partial charge in [-0.15, -0.1) is 0 Å². The van der Waals surface area contributed by atoms with Gasteiger partial charge in [-0.2, -0.15) is 5.26 Å². The van der Waals surface area contributed by atoms with E-state index in [9.17, 15) is 10.1 Å². The monoisotopic (exact) mass is 414 g/mol. The summed E-state index contributed by atoms with van der Waals surface area (Å²) < 4.78 is 11.5. The number of amides is 1. The van der Waals surface area contributed by atoms with Gasteiger partial charge in [0.25, 0.3) is 5.91 Å². The van der Waals surface area contributed by atoms with Crippen molar-refractivity contribution < 1.29 is 14.3 Å². The van der Waals surface area contributed by atoms with E-state index in [0.29, 0.717) is 23.7 Å². The van der Waals surface area contributed by atoms with E-state index in [0.717, 1.165) is 22.8 Å².